The van der Waals surface area contributed by atoms with Crippen molar-refractivity contribution in [2.75, 3.05) is 11.9 Å². The molecule has 0 atom stereocenters. The van der Waals surface area contributed by atoms with Crippen LogP contribution < -0.4 is 5.32 Å². The van der Waals surface area contributed by atoms with Crippen LogP contribution in [0, 0.1) is 12.3 Å². The highest BCUT2D eigenvalue weighted by atomic mass is 79.9. The molecule has 0 aliphatic rings. The Balaban J connectivity index is 2.24. The summed E-state index contributed by atoms with van der Waals surface area (Å²) in [6.45, 7) is 0.686. The minimum Gasteiger partial charge on any atom is -0.352 e. The standard InChI is InChI=1S/C10H9BrN4/c1-2-3-6-12-10-13-9-8(11)5-4-7-15(9)14-10/h1,4-5,7H,3,6H2,(H,12,14). The molecule has 0 amide bonds. The zero-order valence-electron chi connectivity index (χ0n) is 7.94. The van der Waals surface area contributed by atoms with Gasteiger partial charge in [-0.3, -0.25) is 0 Å². The van der Waals surface area contributed by atoms with E-state index in [2.05, 4.69) is 37.2 Å². The molecule has 2 aromatic heterocycles. The largest absolute Gasteiger partial charge is 0.352 e. The number of hydrogen-bond acceptors (Lipinski definition) is 3. The van der Waals surface area contributed by atoms with Crippen molar-refractivity contribution >= 4 is 27.5 Å². The number of anilines is 1. The molecule has 0 spiro atoms. The minimum absolute atomic E-state index is 0.595. The summed E-state index contributed by atoms with van der Waals surface area (Å²) < 4.78 is 2.63. The lowest BCUT2D eigenvalue weighted by atomic mass is 10.4. The first kappa shape index (κ1) is 9.99. The van der Waals surface area contributed by atoms with E-state index in [4.69, 9.17) is 6.42 Å². The van der Waals surface area contributed by atoms with E-state index in [0.717, 1.165) is 10.1 Å². The molecule has 0 aliphatic heterocycles. The first-order chi connectivity index (χ1) is 7.31. The Hall–Kier alpha value is -1.54. The second-order valence-corrected chi connectivity index (χ2v) is 3.79. The average molecular weight is 265 g/mol. The molecule has 0 unspecified atom stereocenters. The van der Waals surface area contributed by atoms with Crippen molar-refractivity contribution in [2.24, 2.45) is 0 Å². The number of terminal acetylenes is 1. The van der Waals surface area contributed by atoms with E-state index in [-0.39, 0.29) is 0 Å². The van der Waals surface area contributed by atoms with Crippen LogP contribution in [0.1, 0.15) is 6.42 Å². The van der Waals surface area contributed by atoms with E-state index >= 15 is 0 Å². The van der Waals surface area contributed by atoms with Crippen LogP contribution in [0.25, 0.3) is 5.65 Å². The molecule has 0 bridgehead atoms. The van der Waals surface area contributed by atoms with Gasteiger partial charge < -0.3 is 5.32 Å². The van der Waals surface area contributed by atoms with Crippen LogP contribution in [0.3, 0.4) is 0 Å². The molecule has 2 heterocycles. The third-order valence-corrected chi connectivity index (χ3v) is 2.49. The topological polar surface area (TPSA) is 42.2 Å². The van der Waals surface area contributed by atoms with Gasteiger partial charge in [0.1, 0.15) is 0 Å². The number of nitrogens with zero attached hydrogens (tertiary/aromatic N) is 3. The fraction of sp³-hybridized carbons (Fsp3) is 0.200. The molecule has 2 rings (SSSR count). The number of pyridine rings is 1. The van der Waals surface area contributed by atoms with E-state index in [1.807, 2.05) is 18.3 Å². The zero-order chi connectivity index (χ0) is 10.7. The average Bonchev–Trinajstić information content (AvgIpc) is 2.63. The summed E-state index contributed by atoms with van der Waals surface area (Å²) in [5.74, 6) is 3.14. The molecule has 0 radical (unpaired) electrons. The summed E-state index contributed by atoms with van der Waals surface area (Å²) in [6.07, 6.45) is 7.66. The quantitative estimate of drug-likeness (QED) is 0.681. The van der Waals surface area contributed by atoms with Gasteiger partial charge in [0, 0.05) is 19.2 Å². The van der Waals surface area contributed by atoms with Gasteiger partial charge in [-0.15, -0.1) is 17.4 Å². The molecular formula is C10H9BrN4. The predicted molar refractivity (Wildman–Crippen MR) is 62.6 cm³/mol. The van der Waals surface area contributed by atoms with Gasteiger partial charge in [0.05, 0.1) is 4.47 Å². The molecule has 5 heteroatoms. The van der Waals surface area contributed by atoms with E-state index < -0.39 is 0 Å². The number of nitrogens with one attached hydrogen (secondary N) is 1. The van der Waals surface area contributed by atoms with Crippen LogP contribution in [0.5, 0.6) is 0 Å². The minimum atomic E-state index is 0.595. The van der Waals surface area contributed by atoms with E-state index in [0.29, 0.717) is 18.9 Å². The summed E-state index contributed by atoms with van der Waals surface area (Å²) in [5, 5.41) is 7.30. The summed E-state index contributed by atoms with van der Waals surface area (Å²) in [5.41, 5.74) is 0.792. The highest BCUT2D eigenvalue weighted by Crippen LogP contribution is 2.16. The van der Waals surface area contributed by atoms with Gasteiger partial charge in [-0.05, 0) is 28.1 Å². The molecular weight excluding hydrogens is 256 g/mol. The van der Waals surface area contributed by atoms with Crippen LogP contribution in [0.4, 0.5) is 5.95 Å². The Bertz CT molecular complexity index is 512. The molecule has 1 N–H and O–H groups in total. The smallest absolute Gasteiger partial charge is 0.243 e. The van der Waals surface area contributed by atoms with Gasteiger partial charge in [-0.1, -0.05) is 0 Å². The van der Waals surface area contributed by atoms with Crippen LogP contribution in [0.15, 0.2) is 22.8 Å². The van der Waals surface area contributed by atoms with Crippen molar-refractivity contribution in [1.29, 1.82) is 0 Å². The molecule has 15 heavy (non-hydrogen) atoms. The molecule has 0 saturated heterocycles. The summed E-state index contributed by atoms with van der Waals surface area (Å²) >= 11 is 3.41. The molecule has 4 nitrogen and oxygen atoms in total. The Morgan fingerprint density at radius 3 is 3.20 bits per heavy atom. The highest BCUT2D eigenvalue weighted by molar-refractivity contribution is 9.10. The maximum absolute atomic E-state index is 5.15. The van der Waals surface area contributed by atoms with Crippen molar-refractivity contribution in [3.05, 3.63) is 22.8 Å². The maximum Gasteiger partial charge on any atom is 0.243 e. The summed E-state index contributed by atoms with van der Waals surface area (Å²) in [7, 11) is 0. The Labute approximate surface area is 95.8 Å². The van der Waals surface area contributed by atoms with Crippen molar-refractivity contribution < 1.29 is 0 Å². The van der Waals surface area contributed by atoms with Crippen LogP contribution in [0.2, 0.25) is 0 Å². The highest BCUT2D eigenvalue weighted by Gasteiger charge is 2.04. The lowest BCUT2D eigenvalue weighted by molar-refractivity contribution is 0.946. The van der Waals surface area contributed by atoms with E-state index in [9.17, 15) is 0 Å². The van der Waals surface area contributed by atoms with E-state index in [1.165, 1.54) is 0 Å². The van der Waals surface area contributed by atoms with Crippen molar-refractivity contribution in [3.8, 4) is 12.3 Å². The third-order valence-electron chi connectivity index (χ3n) is 1.87. The second kappa shape index (κ2) is 4.32. The molecule has 0 saturated carbocycles. The Morgan fingerprint density at radius 2 is 2.47 bits per heavy atom. The Morgan fingerprint density at radius 1 is 1.60 bits per heavy atom. The first-order valence-corrected chi connectivity index (χ1v) is 5.29. The lowest BCUT2D eigenvalue weighted by Crippen LogP contribution is -2.01. The number of hydrogen-bond donors (Lipinski definition) is 1. The van der Waals surface area contributed by atoms with E-state index in [1.54, 1.807) is 4.52 Å². The third kappa shape index (κ3) is 2.10. The normalized spacial score (nSPS) is 10.1. The van der Waals surface area contributed by atoms with Crippen LogP contribution in [-0.2, 0) is 0 Å². The van der Waals surface area contributed by atoms with Gasteiger partial charge in [0.2, 0.25) is 5.95 Å². The second-order valence-electron chi connectivity index (χ2n) is 2.94. The SMILES string of the molecule is C#CCCNc1nc2c(Br)cccn2n1. The van der Waals surface area contributed by atoms with Crippen molar-refractivity contribution in [2.45, 2.75) is 6.42 Å². The number of fused-ring (bicyclic) bond motifs is 1. The Kier molecular flexibility index (Phi) is 2.88. The lowest BCUT2D eigenvalue weighted by Gasteiger charge is -1.94. The molecule has 0 fully saturated rings. The molecule has 0 aromatic carbocycles. The van der Waals surface area contributed by atoms with Crippen LogP contribution >= 0.6 is 15.9 Å². The van der Waals surface area contributed by atoms with Gasteiger partial charge in [0.15, 0.2) is 5.65 Å². The molecule has 76 valence electrons. The molecule has 2 aromatic rings. The number of aromatic nitrogens is 3. The fourth-order valence-corrected chi connectivity index (χ4v) is 1.62. The first-order valence-electron chi connectivity index (χ1n) is 4.49. The fourth-order valence-electron chi connectivity index (χ4n) is 1.20. The van der Waals surface area contributed by atoms with Gasteiger partial charge in [-0.2, -0.15) is 4.98 Å². The number of rotatable bonds is 3. The van der Waals surface area contributed by atoms with Crippen molar-refractivity contribution in [1.82, 2.24) is 14.6 Å². The van der Waals surface area contributed by atoms with Gasteiger partial charge in [-0.25, -0.2) is 4.52 Å². The maximum atomic E-state index is 5.15. The summed E-state index contributed by atoms with van der Waals surface area (Å²) in [6, 6.07) is 3.83. The predicted octanol–water partition coefficient (Wildman–Crippen LogP) is 1.93. The number of halogens is 1. The summed E-state index contributed by atoms with van der Waals surface area (Å²) in [4.78, 5) is 4.31. The molecule has 0 aliphatic carbocycles. The van der Waals surface area contributed by atoms with Gasteiger partial charge in [0.25, 0.3) is 0 Å². The monoisotopic (exact) mass is 264 g/mol. The van der Waals surface area contributed by atoms with Gasteiger partial charge >= 0.3 is 0 Å². The van der Waals surface area contributed by atoms with Crippen molar-refractivity contribution in [3.63, 3.8) is 0 Å². The van der Waals surface area contributed by atoms with Crippen LogP contribution in [-0.4, -0.2) is 21.1 Å². The zero-order valence-corrected chi connectivity index (χ0v) is 9.53.